The Morgan fingerprint density at radius 2 is 2.17 bits per heavy atom. The van der Waals surface area contributed by atoms with E-state index in [0.717, 1.165) is 6.07 Å². The molecule has 12 heavy (non-hydrogen) atoms. The lowest BCUT2D eigenvalue weighted by atomic mass is 10.2. The van der Waals surface area contributed by atoms with Gasteiger partial charge in [-0.2, -0.15) is 0 Å². The van der Waals surface area contributed by atoms with Gasteiger partial charge in [-0.3, -0.25) is 0 Å². The number of benzene rings is 1. The Kier molecular flexibility index (Phi) is 2.69. The molecule has 0 heterocycles. The molecule has 0 bridgehead atoms. The highest BCUT2D eigenvalue weighted by Gasteiger charge is 2.16. The van der Waals surface area contributed by atoms with Crippen LogP contribution in [-0.4, -0.2) is 11.1 Å². The van der Waals surface area contributed by atoms with Crippen molar-refractivity contribution in [2.45, 2.75) is 0 Å². The van der Waals surface area contributed by atoms with Crippen molar-refractivity contribution in [2.24, 2.45) is 0 Å². The van der Waals surface area contributed by atoms with E-state index in [4.69, 9.17) is 16.7 Å². The molecular weight excluding hydrogens is 250 g/mol. The van der Waals surface area contributed by atoms with Crippen LogP contribution in [0.3, 0.4) is 0 Å². The van der Waals surface area contributed by atoms with E-state index in [-0.39, 0.29) is 5.02 Å². The minimum absolute atomic E-state index is 0.123. The van der Waals surface area contributed by atoms with Crippen molar-refractivity contribution >= 4 is 33.5 Å². The third kappa shape index (κ3) is 1.59. The number of hydrogen-bond donors (Lipinski definition) is 1. The molecule has 0 spiro atoms. The van der Waals surface area contributed by atoms with Gasteiger partial charge >= 0.3 is 5.97 Å². The van der Waals surface area contributed by atoms with E-state index in [1.807, 2.05) is 0 Å². The van der Waals surface area contributed by atoms with Crippen LogP contribution in [0.4, 0.5) is 4.39 Å². The van der Waals surface area contributed by atoms with Crippen molar-refractivity contribution in [3.05, 3.63) is 33.0 Å². The lowest BCUT2D eigenvalue weighted by Gasteiger charge is -2.01. The van der Waals surface area contributed by atoms with Crippen LogP contribution in [0.2, 0.25) is 5.02 Å². The normalized spacial score (nSPS) is 9.92. The van der Waals surface area contributed by atoms with Gasteiger partial charge in [0.15, 0.2) is 0 Å². The third-order valence-electron chi connectivity index (χ3n) is 1.26. The monoisotopic (exact) mass is 252 g/mol. The number of carbonyl (C=O) groups is 1. The SMILES string of the molecule is O=C(O)c1c(F)ccc(Br)c1Cl. The van der Waals surface area contributed by atoms with E-state index in [2.05, 4.69) is 15.9 Å². The van der Waals surface area contributed by atoms with Crippen LogP contribution in [0.1, 0.15) is 10.4 Å². The highest BCUT2D eigenvalue weighted by atomic mass is 79.9. The van der Waals surface area contributed by atoms with Gasteiger partial charge in [0, 0.05) is 4.47 Å². The van der Waals surface area contributed by atoms with Gasteiger partial charge in [-0.25, -0.2) is 9.18 Å². The predicted molar refractivity (Wildman–Crippen MR) is 46.1 cm³/mol. The van der Waals surface area contributed by atoms with Crippen molar-refractivity contribution in [3.8, 4) is 0 Å². The fourth-order valence-corrected chi connectivity index (χ4v) is 1.29. The predicted octanol–water partition coefficient (Wildman–Crippen LogP) is 2.94. The maximum atomic E-state index is 12.8. The molecule has 0 radical (unpaired) electrons. The maximum absolute atomic E-state index is 12.8. The Morgan fingerprint density at radius 1 is 1.58 bits per heavy atom. The van der Waals surface area contributed by atoms with Crippen LogP contribution >= 0.6 is 27.5 Å². The van der Waals surface area contributed by atoms with Gasteiger partial charge in [0.2, 0.25) is 0 Å². The molecule has 0 saturated heterocycles. The summed E-state index contributed by atoms with van der Waals surface area (Å²) < 4.78 is 13.2. The molecule has 5 heteroatoms. The van der Waals surface area contributed by atoms with Crippen LogP contribution < -0.4 is 0 Å². The van der Waals surface area contributed by atoms with Crippen molar-refractivity contribution in [1.29, 1.82) is 0 Å². The second-order valence-electron chi connectivity index (χ2n) is 2.02. The Morgan fingerprint density at radius 3 is 2.58 bits per heavy atom. The summed E-state index contributed by atoms with van der Waals surface area (Å²) in [7, 11) is 0. The second kappa shape index (κ2) is 3.41. The summed E-state index contributed by atoms with van der Waals surface area (Å²) in [4.78, 5) is 10.4. The van der Waals surface area contributed by atoms with Crippen LogP contribution in [0.5, 0.6) is 0 Å². The molecule has 0 aliphatic rings. The second-order valence-corrected chi connectivity index (χ2v) is 3.26. The van der Waals surface area contributed by atoms with Gasteiger partial charge in [-0.15, -0.1) is 0 Å². The lowest BCUT2D eigenvalue weighted by molar-refractivity contribution is 0.0692. The molecule has 0 unspecified atom stereocenters. The zero-order valence-electron chi connectivity index (χ0n) is 5.64. The lowest BCUT2D eigenvalue weighted by Crippen LogP contribution is -2.01. The number of carboxylic acids is 1. The van der Waals surface area contributed by atoms with Gasteiger partial charge in [-0.05, 0) is 28.1 Å². The summed E-state index contributed by atoms with van der Waals surface area (Å²) in [6.07, 6.45) is 0. The number of rotatable bonds is 1. The zero-order chi connectivity index (χ0) is 9.30. The summed E-state index contributed by atoms with van der Waals surface area (Å²) in [5, 5.41) is 8.40. The molecule has 1 rings (SSSR count). The molecule has 0 aliphatic carbocycles. The van der Waals surface area contributed by atoms with E-state index in [1.165, 1.54) is 6.07 Å². The minimum Gasteiger partial charge on any atom is -0.478 e. The van der Waals surface area contributed by atoms with E-state index in [0.29, 0.717) is 4.47 Å². The standard InChI is InChI=1S/C7H3BrClFO2/c8-3-1-2-4(10)5(6(3)9)7(11)12/h1-2H,(H,11,12). The summed E-state index contributed by atoms with van der Waals surface area (Å²) in [6.45, 7) is 0. The molecule has 1 N–H and O–H groups in total. The molecule has 64 valence electrons. The molecular formula is C7H3BrClFO2. The van der Waals surface area contributed by atoms with Gasteiger partial charge in [0.05, 0.1) is 5.02 Å². The first-order chi connectivity index (χ1) is 5.54. The first-order valence-electron chi connectivity index (χ1n) is 2.91. The van der Waals surface area contributed by atoms with Crippen molar-refractivity contribution in [2.75, 3.05) is 0 Å². The molecule has 0 amide bonds. The largest absolute Gasteiger partial charge is 0.478 e. The van der Waals surface area contributed by atoms with Crippen molar-refractivity contribution < 1.29 is 14.3 Å². The Hall–Kier alpha value is -0.610. The van der Waals surface area contributed by atoms with Crippen LogP contribution in [0.15, 0.2) is 16.6 Å². The summed E-state index contributed by atoms with van der Waals surface area (Å²) in [5.41, 5.74) is -0.508. The van der Waals surface area contributed by atoms with E-state index < -0.39 is 17.3 Å². The number of aromatic carboxylic acids is 1. The van der Waals surface area contributed by atoms with Gasteiger partial charge in [-0.1, -0.05) is 11.6 Å². The zero-order valence-corrected chi connectivity index (χ0v) is 7.99. The quantitative estimate of drug-likeness (QED) is 0.781. The average molecular weight is 253 g/mol. The minimum atomic E-state index is -1.38. The fraction of sp³-hybridized carbons (Fsp3) is 0. The first-order valence-corrected chi connectivity index (χ1v) is 4.08. The molecule has 2 nitrogen and oxygen atoms in total. The Labute approximate surface area is 81.1 Å². The molecule has 0 fully saturated rings. The summed E-state index contributed by atoms with van der Waals surface area (Å²) >= 11 is 8.51. The summed E-state index contributed by atoms with van der Waals surface area (Å²) in [6, 6.07) is 2.39. The molecule has 0 aromatic heterocycles. The van der Waals surface area contributed by atoms with E-state index in [9.17, 15) is 9.18 Å². The van der Waals surface area contributed by atoms with Crippen LogP contribution in [0.25, 0.3) is 0 Å². The highest BCUT2D eigenvalue weighted by Crippen LogP contribution is 2.27. The van der Waals surface area contributed by atoms with E-state index >= 15 is 0 Å². The Bertz CT molecular complexity index is 340. The average Bonchev–Trinajstić information content (AvgIpc) is 1.97. The maximum Gasteiger partial charge on any atom is 0.340 e. The van der Waals surface area contributed by atoms with Gasteiger partial charge in [0.1, 0.15) is 11.4 Å². The number of carboxylic acid groups (broad SMARTS) is 1. The molecule has 0 aliphatic heterocycles. The summed E-state index contributed by atoms with van der Waals surface area (Å²) in [5.74, 6) is -2.21. The van der Waals surface area contributed by atoms with Gasteiger partial charge in [0.25, 0.3) is 0 Å². The smallest absolute Gasteiger partial charge is 0.340 e. The molecule has 1 aromatic rings. The Balaban J connectivity index is 3.43. The highest BCUT2D eigenvalue weighted by molar-refractivity contribution is 9.10. The third-order valence-corrected chi connectivity index (χ3v) is 2.54. The van der Waals surface area contributed by atoms with Crippen molar-refractivity contribution in [3.63, 3.8) is 0 Å². The van der Waals surface area contributed by atoms with E-state index in [1.54, 1.807) is 0 Å². The molecule has 0 saturated carbocycles. The molecule has 0 atom stereocenters. The first kappa shape index (κ1) is 9.48. The van der Waals surface area contributed by atoms with Gasteiger partial charge < -0.3 is 5.11 Å². The molecule has 1 aromatic carbocycles. The number of halogens is 3. The van der Waals surface area contributed by atoms with Crippen LogP contribution in [-0.2, 0) is 0 Å². The van der Waals surface area contributed by atoms with Crippen molar-refractivity contribution in [1.82, 2.24) is 0 Å². The topological polar surface area (TPSA) is 37.3 Å². The number of hydrogen-bond acceptors (Lipinski definition) is 1. The fourth-order valence-electron chi connectivity index (χ4n) is 0.723. The van der Waals surface area contributed by atoms with Crippen LogP contribution in [0, 0.1) is 5.82 Å².